The predicted molar refractivity (Wildman–Crippen MR) is 129 cm³/mol. The van der Waals surface area contributed by atoms with Crippen LogP contribution in [0.1, 0.15) is 50.9 Å². The minimum absolute atomic E-state index is 0.00697. The van der Waals surface area contributed by atoms with Crippen molar-refractivity contribution in [2.45, 2.75) is 57.5 Å². The van der Waals surface area contributed by atoms with Gasteiger partial charge in [0, 0.05) is 5.39 Å². The zero-order chi connectivity index (χ0) is 23.4. The summed E-state index contributed by atoms with van der Waals surface area (Å²) in [5.41, 5.74) is 6.90. The number of primary amides is 1. The number of benzene rings is 2. The second-order valence-electron chi connectivity index (χ2n) is 9.11. The molecular formula is C26H31N5O2. The van der Waals surface area contributed by atoms with Crippen LogP contribution in [0.5, 0.6) is 0 Å². The van der Waals surface area contributed by atoms with Crippen LogP contribution in [0.25, 0.3) is 10.9 Å². The van der Waals surface area contributed by atoms with Crippen molar-refractivity contribution in [2.24, 2.45) is 11.7 Å². The molecule has 1 heterocycles. The minimum atomic E-state index is -0.564. The first kappa shape index (κ1) is 22.7. The molecule has 33 heavy (non-hydrogen) atoms. The molecule has 1 saturated carbocycles. The topological polar surface area (TPSA) is 110 Å². The van der Waals surface area contributed by atoms with Crippen LogP contribution in [-0.2, 0) is 21.5 Å². The summed E-state index contributed by atoms with van der Waals surface area (Å²) in [5.74, 6) is 0.592. The van der Waals surface area contributed by atoms with Crippen LogP contribution < -0.4 is 16.4 Å². The summed E-state index contributed by atoms with van der Waals surface area (Å²) >= 11 is 0. The number of carbonyl (C=O) groups is 2. The third-order valence-electron chi connectivity index (χ3n) is 6.54. The van der Waals surface area contributed by atoms with Crippen LogP contribution in [0.3, 0.4) is 0 Å². The van der Waals surface area contributed by atoms with Crippen molar-refractivity contribution in [3.05, 3.63) is 66.0 Å². The molecule has 0 unspecified atom stereocenters. The highest BCUT2D eigenvalue weighted by Crippen LogP contribution is 2.41. The highest BCUT2D eigenvalue weighted by Gasteiger charge is 2.42. The second kappa shape index (κ2) is 9.57. The van der Waals surface area contributed by atoms with Crippen molar-refractivity contribution in [3.63, 3.8) is 0 Å². The average molecular weight is 446 g/mol. The van der Waals surface area contributed by atoms with Crippen LogP contribution in [0.4, 0.5) is 5.82 Å². The number of para-hydroxylation sites is 1. The molecular weight excluding hydrogens is 414 g/mol. The average Bonchev–Trinajstić information content (AvgIpc) is 3.32. The fourth-order valence-electron chi connectivity index (χ4n) is 4.74. The van der Waals surface area contributed by atoms with E-state index in [-0.39, 0.29) is 18.4 Å². The molecule has 3 aromatic rings. The highest BCUT2D eigenvalue weighted by molar-refractivity contribution is 5.92. The number of aromatic nitrogens is 2. The summed E-state index contributed by atoms with van der Waals surface area (Å²) in [7, 11) is 0. The van der Waals surface area contributed by atoms with Gasteiger partial charge in [-0.2, -0.15) is 0 Å². The van der Waals surface area contributed by atoms with E-state index in [1.807, 2.05) is 68.4 Å². The number of carbonyl (C=O) groups excluding carboxylic acids is 2. The van der Waals surface area contributed by atoms with Crippen molar-refractivity contribution < 1.29 is 9.59 Å². The van der Waals surface area contributed by atoms with E-state index in [0.29, 0.717) is 11.6 Å². The molecule has 7 heteroatoms. The number of fused-ring (bicyclic) bond motifs is 1. The van der Waals surface area contributed by atoms with Crippen molar-refractivity contribution in [2.75, 3.05) is 5.32 Å². The maximum Gasteiger partial charge on any atom is 0.240 e. The fourth-order valence-corrected chi connectivity index (χ4v) is 4.74. The number of anilines is 1. The van der Waals surface area contributed by atoms with Gasteiger partial charge in [-0.15, -0.1) is 0 Å². The molecule has 1 aliphatic rings. The molecule has 7 nitrogen and oxygen atoms in total. The number of nitrogens with two attached hydrogens (primary N) is 1. The van der Waals surface area contributed by atoms with E-state index < -0.39 is 17.4 Å². The normalized spacial score (nSPS) is 16.0. The first-order chi connectivity index (χ1) is 15.9. The maximum atomic E-state index is 13.4. The minimum Gasteiger partial charge on any atom is -0.368 e. The summed E-state index contributed by atoms with van der Waals surface area (Å²) in [5, 5.41) is 7.09. The third-order valence-corrected chi connectivity index (χ3v) is 6.54. The Morgan fingerprint density at radius 2 is 1.67 bits per heavy atom. The van der Waals surface area contributed by atoms with Gasteiger partial charge in [0.05, 0.1) is 17.5 Å². The fraction of sp³-hybridized carbons (Fsp3) is 0.385. The van der Waals surface area contributed by atoms with E-state index in [0.717, 1.165) is 42.1 Å². The van der Waals surface area contributed by atoms with Crippen LogP contribution in [0.2, 0.25) is 0 Å². The van der Waals surface area contributed by atoms with Crippen LogP contribution in [0, 0.1) is 5.92 Å². The lowest BCUT2D eigenvalue weighted by Gasteiger charge is -2.28. The Morgan fingerprint density at radius 3 is 2.33 bits per heavy atom. The van der Waals surface area contributed by atoms with Crippen molar-refractivity contribution in [1.29, 1.82) is 0 Å². The molecule has 1 atom stereocenters. The Labute approximate surface area is 194 Å². The van der Waals surface area contributed by atoms with Gasteiger partial charge >= 0.3 is 0 Å². The molecule has 4 rings (SSSR count). The highest BCUT2D eigenvalue weighted by atomic mass is 16.2. The molecule has 2 aromatic carbocycles. The molecule has 0 bridgehead atoms. The molecule has 0 spiro atoms. The largest absolute Gasteiger partial charge is 0.368 e. The molecule has 0 aliphatic heterocycles. The summed E-state index contributed by atoms with van der Waals surface area (Å²) < 4.78 is 0. The number of nitrogens with one attached hydrogen (secondary N) is 2. The second-order valence-corrected chi connectivity index (χ2v) is 9.11. The van der Waals surface area contributed by atoms with Gasteiger partial charge in [0.1, 0.15) is 11.9 Å². The van der Waals surface area contributed by atoms with Gasteiger partial charge in [0.15, 0.2) is 5.82 Å². The third kappa shape index (κ3) is 4.67. The van der Waals surface area contributed by atoms with Crippen molar-refractivity contribution >= 4 is 28.5 Å². The lowest BCUT2D eigenvalue weighted by atomic mass is 9.78. The molecule has 172 valence electrons. The van der Waals surface area contributed by atoms with E-state index in [1.54, 1.807) is 0 Å². The Hall–Kier alpha value is -3.48. The van der Waals surface area contributed by atoms with Crippen molar-refractivity contribution in [3.8, 4) is 0 Å². The van der Waals surface area contributed by atoms with Crippen LogP contribution in [0.15, 0.2) is 54.6 Å². The first-order valence-electron chi connectivity index (χ1n) is 11.6. The summed E-state index contributed by atoms with van der Waals surface area (Å²) in [6, 6.07) is 17.0. The quantitative estimate of drug-likeness (QED) is 0.490. The van der Waals surface area contributed by atoms with E-state index in [1.165, 1.54) is 0 Å². The van der Waals surface area contributed by atoms with Gasteiger partial charge in [0.2, 0.25) is 11.8 Å². The van der Waals surface area contributed by atoms with E-state index in [2.05, 4.69) is 20.6 Å². The molecule has 1 aliphatic carbocycles. The Kier molecular flexibility index (Phi) is 6.58. The molecule has 1 aromatic heterocycles. The zero-order valence-electron chi connectivity index (χ0n) is 19.2. The van der Waals surface area contributed by atoms with E-state index in [4.69, 9.17) is 5.73 Å². The van der Waals surface area contributed by atoms with Crippen LogP contribution >= 0.6 is 0 Å². The number of rotatable bonds is 8. The summed E-state index contributed by atoms with van der Waals surface area (Å²) in [4.78, 5) is 34.7. The zero-order valence-corrected chi connectivity index (χ0v) is 19.2. The number of hydrogen-bond acceptors (Lipinski definition) is 5. The van der Waals surface area contributed by atoms with E-state index >= 15 is 0 Å². The Morgan fingerprint density at radius 1 is 1.00 bits per heavy atom. The van der Waals surface area contributed by atoms with Gasteiger partial charge in [-0.25, -0.2) is 9.97 Å². The van der Waals surface area contributed by atoms with Gasteiger partial charge in [-0.1, -0.05) is 69.2 Å². The first-order valence-corrected chi connectivity index (χ1v) is 11.6. The molecule has 4 N–H and O–H groups in total. The maximum absolute atomic E-state index is 13.4. The predicted octanol–water partition coefficient (Wildman–Crippen LogP) is 3.68. The smallest absolute Gasteiger partial charge is 0.240 e. The van der Waals surface area contributed by atoms with Crippen molar-refractivity contribution in [1.82, 2.24) is 15.3 Å². The lowest BCUT2D eigenvalue weighted by Crippen LogP contribution is -2.42. The number of nitrogens with zero attached hydrogens (tertiary/aromatic N) is 2. The van der Waals surface area contributed by atoms with Gasteiger partial charge in [-0.05, 0) is 36.5 Å². The summed E-state index contributed by atoms with van der Waals surface area (Å²) in [6.45, 7) is 4.06. The standard InChI is InChI=1S/C26H31N5O2/c1-17(2)22(23(27)32)31-24-19-12-6-7-13-20(19)29-21(30-24)16-28-25(33)26(14-8-9-15-26)18-10-4-3-5-11-18/h3-7,10-13,17,22H,8-9,14-16H2,1-2H3,(H2,27,32)(H,28,33)(H,29,30,31)/t22-/m0/s1. The summed E-state index contributed by atoms with van der Waals surface area (Å²) in [6.07, 6.45) is 3.74. The van der Waals surface area contributed by atoms with Gasteiger partial charge in [0.25, 0.3) is 0 Å². The SMILES string of the molecule is CC(C)[C@H](Nc1nc(CNC(=O)C2(c3ccccc3)CCCC2)nc2ccccc12)C(N)=O. The molecule has 0 radical (unpaired) electrons. The number of hydrogen-bond donors (Lipinski definition) is 3. The Balaban J connectivity index is 1.60. The van der Waals surface area contributed by atoms with Gasteiger partial charge < -0.3 is 16.4 Å². The van der Waals surface area contributed by atoms with E-state index in [9.17, 15) is 9.59 Å². The lowest BCUT2D eigenvalue weighted by molar-refractivity contribution is -0.127. The number of amides is 2. The monoisotopic (exact) mass is 445 g/mol. The molecule has 1 fully saturated rings. The van der Waals surface area contributed by atoms with Gasteiger partial charge in [-0.3, -0.25) is 9.59 Å². The Bertz CT molecular complexity index is 1140. The molecule has 2 amide bonds. The molecule has 0 saturated heterocycles. The van der Waals surface area contributed by atoms with Crippen LogP contribution in [-0.4, -0.2) is 27.8 Å².